The Morgan fingerprint density at radius 2 is 0.538 bits per heavy atom. The van der Waals surface area contributed by atoms with Crippen molar-refractivity contribution in [2.24, 2.45) is 0 Å². The molecule has 0 saturated heterocycles. The predicted octanol–water partition coefficient (Wildman–Crippen LogP) is -4.29. The standard InChI is InChI=1S/9O.Sm.3Ta/q;;;;;;3*-1;+3;;;. The van der Waals surface area contributed by atoms with Gasteiger partial charge in [0.15, 0.2) is 0 Å². The van der Waals surface area contributed by atoms with Gasteiger partial charge in [0.2, 0.25) is 0 Å². The summed E-state index contributed by atoms with van der Waals surface area (Å²) in [5.41, 5.74) is 0. The SMILES string of the molecule is [O]=[Ta](=[O])[O-].[O]=[Ta](=[O])[O-].[O]=[Ta](=[O])[O-].[Sm+3]. The van der Waals surface area contributed by atoms with Gasteiger partial charge in [-0.25, -0.2) is 0 Å². The summed E-state index contributed by atoms with van der Waals surface area (Å²) in [6.45, 7) is 0. The number of hydrogen-bond donors (Lipinski definition) is 0. The van der Waals surface area contributed by atoms with Crippen LogP contribution < -0.4 is 10.8 Å². The molecule has 0 aromatic carbocycles. The molecule has 0 saturated carbocycles. The van der Waals surface area contributed by atoms with Crippen molar-refractivity contribution >= 4 is 0 Å². The minimum absolute atomic E-state index is 0. The Hall–Kier alpha value is 2.24. The smallest absolute Gasteiger partial charge is 3.00 e. The molecule has 0 bridgehead atoms. The van der Waals surface area contributed by atoms with Gasteiger partial charge in [0.05, 0.1) is 0 Å². The third-order valence-corrected chi connectivity index (χ3v) is 0. The van der Waals surface area contributed by atoms with Crippen molar-refractivity contribution < 1.29 is 127 Å². The molecule has 0 rings (SSSR count). The van der Waals surface area contributed by atoms with E-state index in [1.165, 1.54) is 0 Å². The van der Waals surface area contributed by atoms with Gasteiger partial charge in [0.1, 0.15) is 0 Å². The van der Waals surface area contributed by atoms with Gasteiger partial charge in [-0.15, -0.1) is 0 Å². The van der Waals surface area contributed by atoms with E-state index >= 15 is 0 Å². The average molecular weight is 837 g/mol. The Bertz CT molecular complexity index is 208. The fourth-order valence-corrected chi connectivity index (χ4v) is 0. The molecule has 0 amide bonds. The van der Waals surface area contributed by atoms with Crippen molar-refractivity contribution in [1.29, 1.82) is 0 Å². The third kappa shape index (κ3) is 426. The van der Waals surface area contributed by atoms with E-state index in [4.69, 9.17) is 30.3 Å². The molecule has 0 aliphatic heterocycles. The van der Waals surface area contributed by atoms with Crippen LogP contribution in [0.3, 0.4) is 0 Å². The minimum Gasteiger partial charge on any atom is 3.00 e. The number of rotatable bonds is 0. The molecule has 0 atom stereocenters. The quantitative estimate of drug-likeness (QED) is 0.234. The Balaban J connectivity index is -0.0000000450. The van der Waals surface area contributed by atoms with Crippen LogP contribution in [-0.4, -0.2) is 0 Å². The molecule has 0 spiro atoms. The summed E-state index contributed by atoms with van der Waals surface area (Å²) in [7, 11) is 0. The zero-order valence-electron chi connectivity index (χ0n) is 5.42. The summed E-state index contributed by atoms with van der Waals surface area (Å²) in [5.74, 6) is 0. The average Bonchev–Trinajstić information content (AvgIpc) is 1.54. The van der Waals surface area contributed by atoms with E-state index in [0.29, 0.717) is 0 Å². The summed E-state index contributed by atoms with van der Waals surface area (Å²) in [6.07, 6.45) is 0. The molecule has 0 aliphatic carbocycles. The molecule has 0 heterocycles. The van der Waals surface area contributed by atoms with Gasteiger partial charge in [0.25, 0.3) is 0 Å². The Morgan fingerprint density at radius 3 is 0.538 bits per heavy atom. The van der Waals surface area contributed by atoms with E-state index in [0.717, 1.165) is 0 Å². The van der Waals surface area contributed by atoms with E-state index < -0.39 is 56.4 Å². The van der Waals surface area contributed by atoms with E-state index in [9.17, 15) is 0 Å². The fraction of sp³-hybridized carbons (Fsp3) is 0. The Morgan fingerprint density at radius 1 is 0.538 bits per heavy atom. The topological polar surface area (TPSA) is 172 Å². The molecule has 0 unspecified atom stereocenters. The van der Waals surface area contributed by atoms with E-state index in [1.807, 2.05) is 0 Å². The molecule has 0 aliphatic rings. The molecular formula is O9SmTa3. The molecule has 0 aromatic rings. The first kappa shape index (κ1) is 24.5. The van der Waals surface area contributed by atoms with E-state index in [-0.39, 0.29) is 40.4 Å². The van der Waals surface area contributed by atoms with Gasteiger partial charge >= 0.3 is 127 Å². The molecule has 0 aromatic heterocycles. The molecule has 0 fully saturated rings. The molecule has 0 N–H and O–H groups in total. The summed E-state index contributed by atoms with van der Waals surface area (Å²) >= 11 is -13.0. The minimum atomic E-state index is -4.34. The van der Waals surface area contributed by atoms with Gasteiger partial charge in [-0.3, -0.25) is 0 Å². The van der Waals surface area contributed by atoms with Gasteiger partial charge in [-0.05, 0) is 0 Å². The van der Waals surface area contributed by atoms with Crippen LogP contribution in [0.2, 0.25) is 0 Å². The van der Waals surface area contributed by atoms with E-state index in [1.54, 1.807) is 0 Å². The van der Waals surface area contributed by atoms with E-state index in [2.05, 4.69) is 0 Å². The van der Waals surface area contributed by atoms with Gasteiger partial charge < -0.3 is 0 Å². The second kappa shape index (κ2) is 19.8. The van der Waals surface area contributed by atoms with Crippen LogP contribution in [0, 0.1) is 40.4 Å². The first-order chi connectivity index (χ1) is 5.20. The summed E-state index contributed by atoms with van der Waals surface area (Å²) < 4.78 is 77.6. The predicted molar refractivity (Wildman–Crippen MR) is 4.12 cm³/mol. The van der Waals surface area contributed by atoms with Gasteiger partial charge in [0, 0.05) is 0 Å². The van der Waals surface area contributed by atoms with Crippen LogP contribution in [0.1, 0.15) is 0 Å². The Kier molecular flexibility index (Phi) is 37.2. The van der Waals surface area contributed by atoms with Crippen molar-refractivity contribution in [2.75, 3.05) is 0 Å². The maximum atomic E-state index is 8.62. The first-order valence-electron chi connectivity index (χ1n) is 1.64. The van der Waals surface area contributed by atoms with Crippen LogP contribution in [0.5, 0.6) is 0 Å². The Labute approximate surface area is 124 Å². The normalized spacial score (nSPS) is 5.77. The van der Waals surface area contributed by atoms with Crippen LogP contribution in [0.25, 0.3) is 0 Å². The molecular weight excluding hydrogens is 837 g/mol. The van der Waals surface area contributed by atoms with Crippen molar-refractivity contribution in [3.8, 4) is 0 Å². The van der Waals surface area contributed by atoms with Crippen LogP contribution in [0.15, 0.2) is 0 Å². The van der Waals surface area contributed by atoms with Gasteiger partial charge in [-0.1, -0.05) is 0 Å². The van der Waals surface area contributed by atoms with Crippen molar-refractivity contribution in [1.82, 2.24) is 0 Å². The number of hydrogen-bond acceptors (Lipinski definition) is 9. The summed E-state index contributed by atoms with van der Waals surface area (Å²) in [6, 6.07) is 0. The van der Waals surface area contributed by atoms with Crippen molar-refractivity contribution in [3.05, 3.63) is 0 Å². The fourth-order valence-electron chi connectivity index (χ4n) is 0. The second-order valence-corrected chi connectivity index (χ2v) is 5.49. The van der Waals surface area contributed by atoms with Gasteiger partial charge in [-0.2, -0.15) is 0 Å². The molecule has 13 heavy (non-hydrogen) atoms. The zero-order chi connectivity index (χ0) is 10.7. The summed E-state index contributed by atoms with van der Waals surface area (Å²) in [5, 5.41) is 0. The zero-order valence-corrected chi connectivity index (χ0v) is 17.7. The summed E-state index contributed by atoms with van der Waals surface area (Å²) in [4.78, 5) is 0. The molecule has 1 radical (unpaired) electrons. The third-order valence-electron chi connectivity index (χ3n) is 0. The monoisotopic (exact) mass is 839 g/mol. The van der Waals surface area contributed by atoms with Crippen molar-refractivity contribution in [3.63, 3.8) is 0 Å². The largest absolute Gasteiger partial charge is 3.00 e. The first-order valence-corrected chi connectivity index (χ1v) is 13.4. The maximum absolute atomic E-state index is 8.62. The molecule has 13 heteroatoms. The van der Waals surface area contributed by atoms with Crippen LogP contribution in [0.4, 0.5) is 0 Å². The second-order valence-electron chi connectivity index (χ2n) is 0.671. The van der Waals surface area contributed by atoms with Crippen LogP contribution >= 0.6 is 0 Å². The molecule has 9 nitrogen and oxygen atoms in total. The van der Waals surface area contributed by atoms with Crippen LogP contribution in [-0.2, 0) is 75.9 Å². The maximum Gasteiger partial charge on any atom is 3.00 e. The molecule has 75 valence electrons. The van der Waals surface area contributed by atoms with Crippen molar-refractivity contribution in [2.45, 2.75) is 0 Å².